The van der Waals surface area contributed by atoms with Crippen molar-refractivity contribution in [2.45, 2.75) is 13.0 Å². The number of imidazole rings is 1. The van der Waals surface area contributed by atoms with E-state index in [4.69, 9.17) is 4.74 Å². The highest BCUT2D eigenvalue weighted by Crippen LogP contribution is 2.20. The number of methoxy groups -OCH3 is 1. The van der Waals surface area contributed by atoms with Gasteiger partial charge in [0, 0.05) is 37.8 Å². The zero-order valence-electron chi connectivity index (χ0n) is 12.5. The van der Waals surface area contributed by atoms with Gasteiger partial charge in [-0.3, -0.25) is 0 Å². The zero-order chi connectivity index (χ0) is 15.2. The summed E-state index contributed by atoms with van der Waals surface area (Å²) in [4.78, 5) is 16.2. The minimum atomic E-state index is -0.253. The van der Waals surface area contributed by atoms with Crippen LogP contribution in [0.2, 0.25) is 0 Å². The molecule has 0 saturated carbocycles. The lowest BCUT2D eigenvalue weighted by Gasteiger charge is -2.14. The number of aryl methyl sites for hydroxylation is 1. The minimum Gasteiger partial charge on any atom is -0.383 e. The van der Waals surface area contributed by atoms with E-state index in [0.29, 0.717) is 6.61 Å². The predicted octanol–water partition coefficient (Wildman–Crippen LogP) is 2.24. The molecule has 1 heterocycles. The van der Waals surface area contributed by atoms with Crippen molar-refractivity contribution in [3.63, 3.8) is 0 Å². The average molecular weight is 288 g/mol. The molecule has 1 aromatic heterocycles. The van der Waals surface area contributed by atoms with E-state index in [9.17, 15) is 4.79 Å². The van der Waals surface area contributed by atoms with E-state index in [1.165, 1.54) is 0 Å². The first kappa shape index (κ1) is 15.1. The quantitative estimate of drug-likeness (QED) is 0.886. The summed E-state index contributed by atoms with van der Waals surface area (Å²) in [6.45, 7) is 2.36. The van der Waals surface area contributed by atoms with Gasteiger partial charge in [-0.25, -0.2) is 9.78 Å². The number of urea groups is 1. The lowest BCUT2D eigenvalue weighted by molar-refractivity contribution is 0.173. The van der Waals surface area contributed by atoms with Crippen molar-refractivity contribution in [1.82, 2.24) is 14.9 Å². The van der Waals surface area contributed by atoms with Gasteiger partial charge in [-0.2, -0.15) is 0 Å². The Bertz CT molecular complexity index is 609. The largest absolute Gasteiger partial charge is 0.383 e. The van der Waals surface area contributed by atoms with Crippen LogP contribution in [0.25, 0.3) is 11.4 Å². The number of aromatic nitrogens is 2. The van der Waals surface area contributed by atoms with E-state index >= 15 is 0 Å². The molecule has 1 unspecified atom stereocenters. The van der Waals surface area contributed by atoms with E-state index in [2.05, 4.69) is 15.6 Å². The number of nitrogens with one attached hydrogen (secondary N) is 2. The zero-order valence-corrected chi connectivity index (χ0v) is 12.5. The molecule has 0 spiro atoms. The average Bonchev–Trinajstić information content (AvgIpc) is 2.85. The van der Waals surface area contributed by atoms with Gasteiger partial charge in [0.05, 0.1) is 12.6 Å². The second-order valence-corrected chi connectivity index (χ2v) is 4.90. The van der Waals surface area contributed by atoms with Crippen LogP contribution in [0.1, 0.15) is 6.92 Å². The Morgan fingerprint density at radius 2 is 2.29 bits per heavy atom. The van der Waals surface area contributed by atoms with Gasteiger partial charge in [0.1, 0.15) is 5.82 Å². The molecule has 2 N–H and O–H groups in total. The molecule has 0 radical (unpaired) electrons. The molecule has 2 amide bonds. The van der Waals surface area contributed by atoms with E-state index in [0.717, 1.165) is 17.1 Å². The highest BCUT2D eigenvalue weighted by molar-refractivity contribution is 5.90. The number of carbonyl (C=O) groups excluding carboxylic acids is 1. The van der Waals surface area contributed by atoms with Gasteiger partial charge in [0.2, 0.25) is 0 Å². The fourth-order valence-electron chi connectivity index (χ4n) is 2.06. The number of amides is 2. The molecule has 0 bridgehead atoms. The van der Waals surface area contributed by atoms with Crippen LogP contribution in [0.4, 0.5) is 10.5 Å². The number of carbonyl (C=O) groups is 1. The topological polar surface area (TPSA) is 68.2 Å². The van der Waals surface area contributed by atoms with Crippen molar-refractivity contribution in [3.05, 3.63) is 36.7 Å². The SMILES string of the molecule is COCC(C)NC(=O)Nc1cccc(-c2nccn2C)c1. The van der Waals surface area contributed by atoms with Crippen LogP contribution in [-0.4, -0.2) is 35.3 Å². The first-order valence-electron chi connectivity index (χ1n) is 6.74. The van der Waals surface area contributed by atoms with Gasteiger partial charge < -0.3 is 19.9 Å². The van der Waals surface area contributed by atoms with E-state index in [-0.39, 0.29) is 12.1 Å². The normalized spacial score (nSPS) is 12.0. The Labute approximate surface area is 124 Å². The molecular formula is C15H20N4O2. The Kier molecular flexibility index (Phi) is 4.94. The Morgan fingerprint density at radius 1 is 1.48 bits per heavy atom. The van der Waals surface area contributed by atoms with Crippen molar-refractivity contribution in [1.29, 1.82) is 0 Å². The number of benzene rings is 1. The molecule has 21 heavy (non-hydrogen) atoms. The predicted molar refractivity (Wildman–Crippen MR) is 82.1 cm³/mol. The molecule has 1 aromatic carbocycles. The van der Waals surface area contributed by atoms with Crippen LogP contribution in [-0.2, 0) is 11.8 Å². The third-order valence-corrected chi connectivity index (χ3v) is 2.99. The number of hydrogen-bond donors (Lipinski definition) is 2. The van der Waals surface area contributed by atoms with Crippen LogP contribution in [0.3, 0.4) is 0 Å². The Hall–Kier alpha value is -2.34. The van der Waals surface area contributed by atoms with Crippen molar-refractivity contribution < 1.29 is 9.53 Å². The molecule has 2 rings (SSSR count). The number of hydrogen-bond acceptors (Lipinski definition) is 3. The van der Waals surface area contributed by atoms with Crippen molar-refractivity contribution in [3.8, 4) is 11.4 Å². The van der Waals surface area contributed by atoms with E-state index in [1.54, 1.807) is 13.3 Å². The van der Waals surface area contributed by atoms with Crippen LogP contribution >= 0.6 is 0 Å². The van der Waals surface area contributed by atoms with Crippen LogP contribution in [0, 0.1) is 0 Å². The second-order valence-electron chi connectivity index (χ2n) is 4.90. The number of nitrogens with zero attached hydrogens (tertiary/aromatic N) is 2. The summed E-state index contributed by atoms with van der Waals surface area (Å²) in [7, 11) is 3.54. The van der Waals surface area contributed by atoms with Gasteiger partial charge in [-0.15, -0.1) is 0 Å². The molecule has 0 aliphatic carbocycles. The molecule has 0 aliphatic heterocycles. The Balaban J connectivity index is 2.05. The minimum absolute atomic E-state index is 0.0484. The van der Waals surface area contributed by atoms with Crippen molar-refractivity contribution in [2.75, 3.05) is 19.0 Å². The summed E-state index contributed by atoms with van der Waals surface area (Å²) in [6.07, 6.45) is 3.63. The molecule has 0 aliphatic rings. The van der Waals surface area contributed by atoms with Gasteiger partial charge in [0.15, 0.2) is 0 Å². The summed E-state index contributed by atoms with van der Waals surface area (Å²) in [5.74, 6) is 0.854. The summed E-state index contributed by atoms with van der Waals surface area (Å²) in [5.41, 5.74) is 1.67. The van der Waals surface area contributed by atoms with Crippen molar-refractivity contribution >= 4 is 11.7 Å². The number of anilines is 1. The van der Waals surface area contributed by atoms with Crippen LogP contribution in [0.5, 0.6) is 0 Å². The maximum Gasteiger partial charge on any atom is 0.319 e. The van der Waals surface area contributed by atoms with Crippen LogP contribution in [0.15, 0.2) is 36.7 Å². The molecule has 6 heteroatoms. The maximum atomic E-state index is 11.9. The fourth-order valence-corrected chi connectivity index (χ4v) is 2.06. The molecular weight excluding hydrogens is 268 g/mol. The summed E-state index contributed by atoms with van der Waals surface area (Å²) < 4.78 is 6.91. The number of rotatable bonds is 5. The lowest BCUT2D eigenvalue weighted by atomic mass is 10.2. The molecule has 0 saturated heterocycles. The third kappa shape index (κ3) is 4.06. The van der Waals surface area contributed by atoms with Gasteiger partial charge >= 0.3 is 6.03 Å². The molecule has 1 atom stereocenters. The smallest absolute Gasteiger partial charge is 0.319 e. The molecule has 2 aromatic rings. The first-order valence-corrected chi connectivity index (χ1v) is 6.74. The van der Waals surface area contributed by atoms with Gasteiger partial charge in [-0.05, 0) is 19.1 Å². The Morgan fingerprint density at radius 3 is 2.95 bits per heavy atom. The summed E-state index contributed by atoms with van der Waals surface area (Å²) >= 11 is 0. The van der Waals surface area contributed by atoms with Crippen molar-refractivity contribution in [2.24, 2.45) is 7.05 Å². The van der Waals surface area contributed by atoms with E-state index in [1.807, 2.05) is 49.0 Å². The molecule has 112 valence electrons. The first-order chi connectivity index (χ1) is 10.1. The standard InChI is InChI=1S/C15H20N4O2/c1-11(10-21-3)17-15(20)18-13-6-4-5-12(9-13)14-16-7-8-19(14)2/h4-9,11H,10H2,1-3H3,(H2,17,18,20). The van der Waals surface area contributed by atoms with Crippen LogP contribution < -0.4 is 10.6 Å². The lowest BCUT2D eigenvalue weighted by Crippen LogP contribution is -2.38. The highest BCUT2D eigenvalue weighted by atomic mass is 16.5. The molecule has 0 fully saturated rings. The maximum absolute atomic E-state index is 11.9. The third-order valence-electron chi connectivity index (χ3n) is 2.99. The monoisotopic (exact) mass is 288 g/mol. The fraction of sp³-hybridized carbons (Fsp3) is 0.333. The molecule has 6 nitrogen and oxygen atoms in total. The highest BCUT2D eigenvalue weighted by Gasteiger charge is 2.08. The summed E-state index contributed by atoms with van der Waals surface area (Å²) in [6, 6.07) is 7.27. The summed E-state index contributed by atoms with van der Waals surface area (Å²) in [5, 5.41) is 5.61. The second kappa shape index (κ2) is 6.90. The van der Waals surface area contributed by atoms with Gasteiger partial charge in [-0.1, -0.05) is 12.1 Å². The number of ether oxygens (including phenoxy) is 1. The van der Waals surface area contributed by atoms with Gasteiger partial charge in [0.25, 0.3) is 0 Å². The van der Waals surface area contributed by atoms with E-state index < -0.39 is 0 Å².